The number of methoxy groups -OCH3 is 1. The highest BCUT2D eigenvalue weighted by Crippen LogP contribution is 2.31. The van der Waals surface area contributed by atoms with E-state index in [1.165, 1.54) is 18.0 Å². The number of hydrogen-bond acceptors (Lipinski definition) is 5. The number of aryl methyl sites for hydroxylation is 1. The minimum atomic E-state index is -2.62. The molecule has 0 spiro atoms. The Hall–Kier alpha value is -2.61. The van der Waals surface area contributed by atoms with Crippen LogP contribution in [0.1, 0.15) is 47.7 Å². The molecule has 0 N–H and O–H groups in total. The molecule has 8 heteroatoms. The lowest BCUT2D eigenvalue weighted by Crippen LogP contribution is -2.34. The molecule has 0 bridgehead atoms. The maximum atomic E-state index is 13.5. The summed E-state index contributed by atoms with van der Waals surface area (Å²) in [4.78, 5) is 10.8. The van der Waals surface area contributed by atoms with Gasteiger partial charge in [0.15, 0.2) is 0 Å². The Balaban J connectivity index is 1.58. The molecule has 1 aliphatic heterocycles. The first-order valence-corrected chi connectivity index (χ1v) is 9.39. The number of aromatic nitrogens is 4. The van der Waals surface area contributed by atoms with Gasteiger partial charge in [-0.3, -0.25) is 4.90 Å². The zero-order valence-electron chi connectivity index (χ0n) is 16.0. The number of alkyl halides is 2. The molecule has 1 aromatic carbocycles. The van der Waals surface area contributed by atoms with Gasteiger partial charge in [-0.1, -0.05) is 17.7 Å². The molecule has 1 saturated heterocycles. The van der Waals surface area contributed by atoms with E-state index in [9.17, 15) is 8.78 Å². The van der Waals surface area contributed by atoms with Crippen molar-refractivity contribution in [3.63, 3.8) is 0 Å². The summed E-state index contributed by atoms with van der Waals surface area (Å²) in [5, 5.41) is 3.86. The fourth-order valence-corrected chi connectivity index (χ4v) is 3.93. The molecule has 4 rings (SSSR count). The van der Waals surface area contributed by atoms with Crippen LogP contribution < -0.4 is 4.74 Å². The topological polar surface area (TPSA) is 55.6 Å². The van der Waals surface area contributed by atoms with E-state index in [0.29, 0.717) is 5.69 Å². The second-order valence-electron chi connectivity index (χ2n) is 7.27. The third-order valence-corrected chi connectivity index (χ3v) is 5.28. The first kappa shape index (κ1) is 18.7. The van der Waals surface area contributed by atoms with Crippen molar-refractivity contribution in [2.45, 2.75) is 38.7 Å². The molecule has 0 unspecified atom stereocenters. The van der Waals surface area contributed by atoms with Crippen LogP contribution in [0.3, 0.4) is 0 Å². The van der Waals surface area contributed by atoms with Crippen molar-refractivity contribution in [2.24, 2.45) is 0 Å². The van der Waals surface area contributed by atoms with Crippen LogP contribution in [-0.2, 0) is 6.54 Å². The molecule has 1 atom stereocenters. The largest absolute Gasteiger partial charge is 0.496 e. The highest BCUT2D eigenvalue weighted by Gasteiger charge is 2.26. The quantitative estimate of drug-likeness (QED) is 0.667. The molecule has 0 saturated carbocycles. The van der Waals surface area contributed by atoms with Crippen LogP contribution in [-0.4, -0.2) is 44.7 Å². The number of likely N-dealkylation sites (tertiary alicyclic amines) is 1. The number of rotatable bonds is 5. The Labute approximate surface area is 162 Å². The van der Waals surface area contributed by atoms with Crippen molar-refractivity contribution in [3.8, 4) is 5.75 Å². The number of nitrogens with zero attached hydrogens (tertiary/aromatic N) is 5. The van der Waals surface area contributed by atoms with Gasteiger partial charge in [0, 0.05) is 24.6 Å². The van der Waals surface area contributed by atoms with Crippen molar-refractivity contribution in [1.29, 1.82) is 0 Å². The van der Waals surface area contributed by atoms with Gasteiger partial charge in [0.2, 0.25) is 0 Å². The maximum absolute atomic E-state index is 13.5. The van der Waals surface area contributed by atoms with Gasteiger partial charge in [0.1, 0.15) is 17.8 Å². The molecule has 1 fully saturated rings. The summed E-state index contributed by atoms with van der Waals surface area (Å²) in [6, 6.07) is 7.64. The summed E-state index contributed by atoms with van der Waals surface area (Å²) >= 11 is 0. The molecular weight excluding hydrogens is 364 g/mol. The van der Waals surface area contributed by atoms with E-state index in [0.717, 1.165) is 48.3 Å². The monoisotopic (exact) mass is 387 g/mol. The highest BCUT2D eigenvalue weighted by molar-refractivity contribution is 5.37. The van der Waals surface area contributed by atoms with Crippen molar-refractivity contribution in [3.05, 3.63) is 53.1 Å². The van der Waals surface area contributed by atoms with Crippen LogP contribution in [0.2, 0.25) is 0 Å². The van der Waals surface area contributed by atoms with E-state index >= 15 is 0 Å². The van der Waals surface area contributed by atoms with E-state index in [4.69, 9.17) is 4.74 Å². The van der Waals surface area contributed by atoms with Gasteiger partial charge in [-0.15, -0.1) is 0 Å². The number of fused-ring (bicyclic) bond motifs is 1. The van der Waals surface area contributed by atoms with Crippen LogP contribution in [0.15, 0.2) is 30.6 Å². The molecule has 3 aromatic rings. The van der Waals surface area contributed by atoms with Gasteiger partial charge in [-0.2, -0.15) is 14.6 Å². The van der Waals surface area contributed by atoms with E-state index in [-0.39, 0.29) is 17.4 Å². The van der Waals surface area contributed by atoms with Crippen LogP contribution in [0, 0.1) is 6.92 Å². The predicted octanol–water partition coefficient (Wildman–Crippen LogP) is 3.76. The molecule has 3 heterocycles. The second kappa shape index (κ2) is 7.79. The first-order chi connectivity index (χ1) is 13.5. The minimum Gasteiger partial charge on any atom is -0.496 e. The molecule has 0 aliphatic carbocycles. The van der Waals surface area contributed by atoms with Gasteiger partial charge in [-0.05, 0) is 38.4 Å². The van der Waals surface area contributed by atoms with Crippen molar-refractivity contribution in [2.75, 3.05) is 20.2 Å². The average Bonchev–Trinajstić information content (AvgIpc) is 3.16. The zero-order valence-corrected chi connectivity index (χ0v) is 16.0. The summed E-state index contributed by atoms with van der Waals surface area (Å²) in [6.45, 7) is 4.54. The van der Waals surface area contributed by atoms with Crippen LogP contribution in [0.5, 0.6) is 5.75 Å². The van der Waals surface area contributed by atoms with Gasteiger partial charge in [0.25, 0.3) is 12.2 Å². The number of piperidine rings is 1. The van der Waals surface area contributed by atoms with Gasteiger partial charge < -0.3 is 4.74 Å². The van der Waals surface area contributed by atoms with Gasteiger partial charge in [0.05, 0.1) is 12.8 Å². The molecule has 0 radical (unpaired) electrons. The van der Waals surface area contributed by atoms with Crippen molar-refractivity contribution < 1.29 is 13.5 Å². The lowest BCUT2D eigenvalue weighted by molar-refractivity contribution is 0.142. The van der Waals surface area contributed by atoms with E-state index in [1.807, 2.05) is 12.1 Å². The Morgan fingerprint density at radius 1 is 1.29 bits per heavy atom. The lowest BCUT2D eigenvalue weighted by atomic mass is 9.93. The Kier molecular flexibility index (Phi) is 5.21. The lowest BCUT2D eigenvalue weighted by Gasteiger charge is -2.33. The Bertz CT molecular complexity index is 974. The number of ether oxygens (including phenoxy) is 1. The average molecular weight is 387 g/mol. The standard InChI is InChI=1S/C20H23F2N5O/c1-13-5-6-18(28-2)15(8-13)11-26-7-3-4-14(10-26)16-9-17(19(21)22)27-20(25-16)23-12-24-27/h5-6,8-9,12,14,19H,3-4,7,10-11H2,1-2H3/t14-/m1/s1. The fraction of sp³-hybridized carbons (Fsp3) is 0.450. The number of hydrogen-bond donors (Lipinski definition) is 0. The summed E-state index contributed by atoms with van der Waals surface area (Å²) < 4.78 is 33.5. The van der Waals surface area contributed by atoms with Crippen LogP contribution >= 0.6 is 0 Å². The predicted molar refractivity (Wildman–Crippen MR) is 101 cm³/mol. The minimum absolute atomic E-state index is 0.0868. The summed E-state index contributed by atoms with van der Waals surface area (Å²) in [7, 11) is 1.68. The van der Waals surface area contributed by atoms with E-state index < -0.39 is 6.43 Å². The summed E-state index contributed by atoms with van der Waals surface area (Å²) in [5.41, 5.74) is 2.83. The van der Waals surface area contributed by atoms with Crippen molar-refractivity contribution >= 4 is 5.78 Å². The molecule has 6 nitrogen and oxygen atoms in total. The van der Waals surface area contributed by atoms with Crippen LogP contribution in [0.4, 0.5) is 8.78 Å². The molecule has 0 amide bonds. The normalized spacial score (nSPS) is 18.1. The maximum Gasteiger partial charge on any atom is 0.280 e. The molecule has 2 aromatic heterocycles. The zero-order chi connectivity index (χ0) is 19.7. The third kappa shape index (κ3) is 3.69. The summed E-state index contributed by atoms with van der Waals surface area (Å²) in [5.74, 6) is 1.18. The summed E-state index contributed by atoms with van der Waals surface area (Å²) in [6.07, 6.45) is 0.543. The first-order valence-electron chi connectivity index (χ1n) is 9.39. The Morgan fingerprint density at radius 3 is 2.93 bits per heavy atom. The molecule has 1 aliphatic rings. The Morgan fingerprint density at radius 2 is 2.14 bits per heavy atom. The van der Waals surface area contributed by atoms with Crippen molar-refractivity contribution in [1.82, 2.24) is 24.5 Å². The number of benzene rings is 1. The second-order valence-corrected chi connectivity index (χ2v) is 7.27. The molecule has 28 heavy (non-hydrogen) atoms. The van der Waals surface area contributed by atoms with Crippen LogP contribution in [0.25, 0.3) is 5.78 Å². The number of halogens is 2. The van der Waals surface area contributed by atoms with Gasteiger partial charge >= 0.3 is 0 Å². The smallest absolute Gasteiger partial charge is 0.280 e. The molecular formula is C20H23F2N5O. The van der Waals surface area contributed by atoms with E-state index in [1.54, 1.807) is 7.11 Å². The van der Waals surface area contributed by atoms with Gasteiger partial charge in [-0.25, -0.2) is 13.8 Å². The highest BCUT2D eigenvalue weighted by atomic mass is 19.3. The SMILES string of the molecule is COc1ccc(C)cc1CN1CCC[C@@H](c2cc(C(F)F)n3ncnc3n2)C1. The van der Waals surface area contributed by atoms with E-state index in [2.05, 4.69) is 33.0 Å². The molecule has 148 valence electrons. The fourth-order valence-electron chi connectivity index (χ4n) is 3.93. The third-order valence-electron chi connectivity index (χ3n) is 5.28.